The van der Waals surface area contributed by atoms with Crippen LogP contribution in [0.2, 0.25) is 0 Å². The molecule has 2 aromatic carbocycles. The maximum absolute atomic E-state index is 13.3. The van der Waals surface area contributed by atoms with E-state index in [4.69, 9.17) is 9.47 Å². The lowest BCUT2D eigenvalue weighted by Gasteiger charge is -2.17. The molecule has 112 valence electrons. The third-order valence-electron chi connectivity index (χ3n) is 3.00. The van der Waals surface area contributed by atoms with E-state index in [1.54, 1.807) is 12.1 Å². The molecule has 0 aliphatic heterocycles. The maximum atomic E-state index is 13.3. The summed E-state index contributed by atoms with van der Waals surface area (Å²) in [7, 11) is 2.92. The van der Waals surface area contributed by atoms with Crippen LogP contribution in [0, 0.1) is 11.6 Å². The normalized spacial score (nSPS) is 12.1. The highest BCUT2D eigenvalue weighted by molar-refractivity contribution is 9.10. The Hall–Kier alpha value is -1.66. The number of methoxy groups -OCH3 is 2. The topological polar surface area (TPSA) is 38.7 Å². The van der Waals surface area contributed by atoms with Gasteiger partial charge in [-0.2, -0.15) is 0 Å². The summed E-state index contributed by atoms with van der Waals surface area (Å²) in [6, 6.07) is 6.06. The molecule has 3 nitrogen and oxygen atoms in total. The molecular formula is C15H13BrF2O3. The fourth-order valence-electron chi connectivity index (χ4n) is 2.01. The summed E-state index contributed by atoms with van der Waals surface area (Å²) < 4.78 is 37.6. The van der Waals surface area contributed by atoms with Gasteiger partial charge >= 0.3 is 0 Å². The first kappa shape index (κ1) is 15.7. The molecule has 0 amide bonds. The van der Waals surface area contributed by atoms with Crippen molar-refractivity contribution in [2.45, 2.75) is 6.10 Å². The van der Waals surface area contributed by atoms with E-state index in [0.29, 0.717) is 21.5 Å². The number of hydrogen-bond acceptors (Lipinski definition) is 3. The SMILES string of the molecule is COc1cc(C(O)c2cc(F)cc(F)c2)c(OC)cc1Br. The summed E-state index contributed by atoms with van der Waals surface area (Å²) in [6.07, 6.45) is -1.24. The van der Waals surface area contributed by atoms with Gasteiger partial charge in [0.1, 0.15) is 29.2 Å². The quantitative estimate of drug-likeness (QED) is 0.902. The molecule has 0 heterocycles. The highest BCUT2D eigenvalue weighted by Gasteiger charge is 2.19. The third kappa shape index (κ3) is 3.33. The molecule has 6 heteroatoms. The Labute approximate surface area is 129 Å². The predicted octanol–water partition coefficient (Wildman–Crippen LogP) is 3.83. The molecule has 1 atom stereocenters. The number of rotatable bonds is 4. The van der Waals surface area contributed by atoms with Crippen LogP contribution < -0.4 is 9.47 Å². The van der Waals surface area contributed by atoms with Crippen molar-refractivity contribution in [3.05, 3.63) is 57.6 Å². The monoisotopic (exact) mass is 358 g/mol. The third-order valence-corrected chi connectivity index (χ3v) is 3.62. The zero-order valence-corrected chi connectivity index (χ0v) is 12.9. The Morgan fingerprint density at radius 3 is 2.05 bits per heavy atom. The van der Waals surface area contributed by atoms with Gasteiger partial charge in [0.2, 0.25) is 0 Å². The summed E-state index contributed by atoms with van der Waals surface area (Å²) in [5.41, 5.74) is 0.442. The number of hydrogen-bond donors (Lipinski definition) is 1. The molecule has 2 aromatic rings. The first-order valence-corrected chi connectivity index (χ1v) is 6.81. The van der Waals surface area contributed by atoms with E-state index in [0.717, 1.165) is 18.2 Å². The van der Waals surface area contributed by atoms with E-state index in [1.165, 1.54) is 14.2 Å². The van der Waals surface area contributed by atoms with Gasteiger partial charge in [0.25, 0.3) is 0 Å². The van der Waals surface area contributed by atoms with Gasteiger partial charge < -0.3 is 14.6 Å². The van der Waals surface area contributed by atoms with E-state index in [2.05, 4.69) is 15.9 Å². The van der Waals surface area contributed by atoms with Gasteiger partial charge in [0.05, 0.1) is 18.7 Å². The minimum atomic E-state index is -1.24. The molecule has 21 heavy (non-hydrogen) atoms. The van der Waals surface area contributed by atoms with Crippen LogP contribution in [0.15, 0.2) is 34.8 Å². The number of benzene rings is 2. The molecule has 1 unspecified atom stereocenters. The van der Waals surface area contributed by atoms with Gasteiger partial charge in [0, 0.05) is 11.6 Å². The molecular weight excluding hydrogens is 346 g/mol. The first-order chi connectivity index (χ1) is 9.96. The average Bonchev–Trinajstić information content (AvgIpc) is 2.45. The Kier molecular flexibility index (Phi) is 4.80. The fraction of sp³-hybridized carbons (Fsp3) is 0.200. The van der Waals surface area contributed by atoms with Crippen molar-refractivity contribution in [1.82, 2.24) is 0 Å². The summed E-state index contributed by atoms with van der Waals surface area (Å²) >= 11 is 3.30. The lowest BCUT2D eigenvalue weighted by atomic mass is 10.00. The second-order valence-corrected chi connectivity index (χ2v) is 5.19. The van der Waals surface area contributed by atoms with Crippen LogP contribution in [0.3, 0.4) is 0 Å². The standard InChI is InChI=1S/C15H13BrF2O3/c1-20-13-7-12(16)14(21-2)6-11(13)15(19)8-3-9(17)5-10(18)4-8/h3-7,15,19H,1-2H3. The maximum Gasteiger partial charge on any atom is 0.133 e. The average molecular weight is 359 g/mol. The molecule has 0 aromatic heterocycles. The summed E-state index contributed by atoms with van der Waals surface area (Å²) in [4.78, 5) is 0. The molecule has 0 aliphatic carbocycles. The minimum absolute atomic E-state index is 0.0928. The predicted molar refractivity (Wildman–Crippen MR) is 77.7 cm³/mol. The van der Waals surface area contributed by atoms with Crippen LogP contribution in [-0.4, -0.2) is 19.3 Å². The van der Waals surface area contributed by atoms with Crippen molar-refractivity contribution in [3.63, 3.8) is 0 Å². The first-order valence-electron chi connectivity index (χ1n) is 6.01. The van der Waals surface area contributed by atoms with Gasteiger partial charge in [-0.25, -0.2) is 8.78 Å². The highest BCUT2D eigenvalue weighted by atomic mass is 79.9. The van der Waals surface area contributed by atoms with Gasteiger partial charge in [-0.1, -0.05) is 0 Å². The number of aliphatic hydroxyl groups is 1. The number of aliphatic hydroxyl groups excluding tert-OH is 1. The zero-order chi connectivity index (χ0) is 15.6. The van der Waals surface area contributed by atoms with E-state index >= 15 is 0 Å². The van der Waals surface area contributed by atoms with Gasteiger partial charge in [-0.15, -0.1) is 0 Å². The Morgan fingerprint density at radius 1 is 0.952 bits per heavy atom. The van der Waals surface area contributed by atoms with Crippen molar-refractivity contribution in [1.29, 1.82) is 0 Å². The van der Waals surface area contributed by atoms with Crippen LogP contribution >= 0.6 is 15.9 Å². The lowest BCUT2D eigenvalue weighted by Crippen LogP contribution is -2.04. The molecule has 1 N–H and O–H groups in total. The minimum Gasteiger partial charge on any atom is -0.496 e. The fourth-order valence-corrected chi connectivity index (χ4v) is 2.49. The Bertz CT molecular complexity index is 641. The zero-order valence-electron chi connectivity index (χ0n) is 11.4. The molecule has 0 fully saturated rings. The van der Waals surface area contributed by atoms with Crippen LogP contribution in [0.4, 0.5) is 8.78 Å². The van der Waals surface area contributed by atoms with Crippen LogP contribution in [0.1, 0.15) is 17.2 Å². The summed E-state index contributed by atoms with van der Waals surface area (Å²) in [5, 5.41) is 10.4. The summed E-state index contributed by atoms with van der Waals surface area (Å²) in [5.74, 6) is -0.666. The van der Waals surface area contributed by atoms with Crippen LogP contribution in [0.5, 0.6) is 11.5 Å². The second-order valence-electron chi connectivity index (χ2n) is 4.33. The van der Waals surface area contributed by atoms with E-state index in [-0.39, 0.29) is 5.56 Å². The van der Waals surface area contributed by atoms with E-state index in [1.807, 2.05) is 0 Å². The van der Waals surface area contributed by atoms with Crippen molar-refractivity contribution in [2.75, 3.05) is 14.2 Å². The Morgan fingerprint density at radius 2 is 1.52 bits per heavy atom. The Balaban J connectivity index is 2.53. The second kappa shape index (κ2) is 6.41. The molecule has 0 spiro atoms. The molecule has 0 bridgehead atoms. The molecule has 0 aliphatic rings. The smallest absolute Gasteiger partial charge is 0.133 e. The van der Waals surface area contributed by atoms with Gasteiger partial charge in [0.15, 0.2) is 0 Å². The van der Waals surface area contributed by atoms with E-state index < -0.39 is 17.7 Å². The molecule has 0 saturated heterocycles. The van der Waals surface area contributed by atoms with Gasteiger partial charge in [-0.3, -0.25) is 0 Å². The molecule has 2 rings (SSSR count). The molecule has 0 radical (unpaired) electrons. The van der Waals surface area contributed by atoms with Crippen molar-refractivity contribution in [3.8, 4) is 11.5 Å². The van der Waals surface area contributed by atoms with Gasteiger partial charge in [-0.05, 0) is 45.8 Å². The van der Waals surface area contributed by atoms with Crippen molar-refractivity contribution in [2.24, 2.45) is 0 Å². The van der Waals surface area contributed by atoms with Crippen LogP contribution in [-0.2, 0) is 0 Å². The number of ether oxygens (including phenoxy) is 2. The lowest BCUT2D eigenvalue weighted by molar-refractivity contribution is 0.213. The van der Waals surface area contributed by atoms with Crippen LogP contribution in [0.25, 0.3) is 0 Å². The van der Waals surface area contributed by atoms with E-state index in [9.17, 15) is 13.9 Å². The van der Waals surface area contributed by atoms with Crippen molar-refractivity contribution < 1.29 is 23.4 Å². The number of halogens is 3. The van der Waals surface area contributed by atoms with Crippen molar-refractivity contribution >= 4 is 15.9 Å². The summed E-state index contributed by atoms with van der Waals surface area (Å²) in [6.45, 7) is 0. The largest absolute Gasteiger partial charge is 0.496 e. The highest BCUT2D eigenvalue weighted by Crippen LogP contribution is 2.38. The molecule has 0 saturated carbocycles.